The molecule has 164 valence electrons. The molecule has 6 nitrogen and oxygen atoms in total. The number of methoxy groups -OCH3 is 1. The van der Waals surface area contributed by atoms with E-state index in [0.29, 0.717) is 23.8 Å². The zero-order valence-corrected chi connectivity index (χ0v) is 18.2. The van der Waals surface area contributed by atoms with E-state index in [1.807, 2.05) is 12.1 Å². The van der Waals surface area contributed by atoms with Gasteiger partial charge in [-0.05, 0) is 60.7 Å². The molecule has 5 rings (SSSR count). The number of anilines is 3. The molecule has 1 aliphatic heterocycles. The molecule has 32 heavy (non-hydrogen) atoms. The van der Waals surface area contributed by atoms with Gasteiger partial charge in [0.1, 0.15) is 12.4 Å². The van der Waals surface area contributed by atoms with Crippen molar-refractivity contribution in [3.05, 3.63) is 77.6 Å². The molecule has 1 aromatic heterocycles. The number of fused-ring (bicyclic) bond motifs is 2. The van der Waals surface area contributed by atoms with E-state index >= 15 is 0 Å². The van der Waals surface area contributed by atoms with Gasteiger partial charge in [-0.15, -0.1) is 0 Å². The van der Waals surface area contributed by atoms with Crippen LogP contribution in [-0.4, -0.2) is 37.8 Å². The topological polar surface area (TPSA) is 63.7 Å². The molecule has 0 fully saturated rings. The maximum atomic E-state index is 12.1. The van der Waals surface area contributed by atoms with Gasteiger partial charge in [-0.2, -0.15) is 0 Å². The molecule has 0 unspecified atom stereocenters. The maximum Gasteiger partial charge on any atom is 0.340 e. The molecular formula is C26H27N3O3. The molecule has 0 saturated carbocycles. The molecule has 0 bridgehead atoms. The first-order valence-electron chi connectivity index (χ1n) is 11.1. The van der Waals surface area contributed by atoms with Gasteiger partial charge in [0.25, 0.3) is 0 Å². The fourth-order valence-corrected chi connectivity index (χ4v) is 4.78. The molecule has 2 aromatic carbocycles. The number of nitrogens with one attached hydrogen (secondary N) is 1. The second-order valence-electron chi connectivity index (χ2n) is 8.23. The van der Waals surface area contributed by atoms with Crippen LogP contribution >= 0.6 is 0 Å². The van der Waals surface area contributed by atoms with Crippen LogP contribution in [0.4, 0.5) is 17.1 Å². The third kappa shape index (κ3) is 3.88. The molecule has 1 N–H and O–H groups in total. The van der Waals surface area contributed by atoms with Gasteiger partial charge >= 0.3 is 5.97 Å². The van der Waals surface area contributed by atoms with Crippen LogP contribution in [-0.2, 0) is 11.2 Å². The monoisotopic (exact) mass is 429 g/mol. The standard InChI is InChI=1S/C26H27N3O3/c1-31-26(30)22-11-12-27-17-23(22)28-16-19-6-4-5-18-15-20(9-10-21(18)19)29-13-14-32-25-8-3-2-7-24(25)29/h2-3,7-12,15,17,19,28H,4-6,13-14,16H2,1H3/t19-/m0/s1. The Balaban J connectivity index is 1.36. The van der Waals surface area contributed by atoms with Crippen LogP contribution in [0.1, 0.15) is 40.2 Å². The van der Waals surface area contributed by atoms with Crippen molar-refractivity contribution in [3.8, 4) is 5.75 Å². The van der Waals surface area contributed by atoms with Crippen LogP contribution in [0.3, 0.4) is 0 Å². The highest BCUT2D eigenvalue weighted by Gasteiger charge is 2.24. The minimum atomic E-state index is -0.352. The van der Waals surface area contributed by atoms with Gasteiger partial charge in [-0.3, -0.25) is 4.98 Å². The van der Waals surface area contributed by atoms with Crippen molar-refractivity contribution in [2.75, 3.05) is 37.0 Å². The molecule has 3 aromatic rings. The Morgan fingerprint density at radius 3 is 3.06 bits per heavy atom. The van der Waals surface area contributed by atoms with Gasteiger partial charge in [0.2, 0.25) is 0 Å². The number of hydrogen-bond donors (Lipinski definition) is 1. The summed E-state index contributed by atoms with van der Waals surface area (Å²) in [5, 5.41) is 3.44. The number of nitrogens with zero attached hydrogens (tertiary/aromatic N) is 2. The minimum Gasteiger partial charge on any atom is -0.490 e. The lowest BCUT2D eigenvalue weighted by atomic mass is 9.82. The summed E-state index contributed by atoms with van der Waals surface area (Å²) >= 11 is 0. The van der Waals surface area contributed by atoms with Crippen molar-refractivity contribution < 1.29 is 14.3 Å². The van der Waals surface area contributed by atoms with Crippen molar-refractivity contribution in [1.82, 2.24) is 4.98 Å². The molecule has 0 amide bonds. The van der Waals surface area contributed by atoms with Gasteiger partial charge in [0.15, 0.2) is 0 Å². The van der Waals surface area contributed by atoms with E-state index in [9.17, 15) is 4.79 Å². The van der Waals surface area contributed by atoms with E-state index in [1.54, 1.807) is 18.5 Å². The maximum absolute atomic E-state index is 12.1. The highest BCUT2D eigenvalue weighted by molar-refractivity contribution is 5.95. The number of benzene rings is 2. The third-order valence-electron chi connectivity index (χ3n) is 6.37. The number of esters is 1. The number of para-hydroxylation sites is 2. The first kappa shape index (κ1) is 20.4. The smallest absolute Gasteiger partial charge is 0.340 e. The first-order valence-corrected chi connectivity index (χ1v) is 11.1. The Hall–Kier alpha value is -3.54. The molecule has 1 aliphatic carbocycles. The fourth-order valence-electron chi connectivity index (χ4n) is 4.78. The summed E-state index contributed by atoms with van der Waals surface area (Å²) in [6.07, 6.45) is 6.66. The quantitative estimate of drug-likeness (QED) is 0.580. The Morgan fingerprint density at radius 1 is 1.25 bits per heavy atom. The molecule has 1 atom stereocenters. The van der Waals surface area contributed by atoms with Gasteiger partial charge in [-0.25, -0.2) is 4.79 Å². The molecule has 2 aliphatic rings. The number of carbonyl (C=O) groups excluding carboxylic acids is 1. The van der Waals surface area contributed by atoms with Crippen LogP contribution in [0.15, 0.2) is 60.9 Å². The van der Waals surface area contributed by atoms with E-state index in [-0.39, 0.29) is 5.97 Å². The highest BCUT2D eigenvalue weighted by Crippen LogP contribution is 2.39. The lowest BCUT2D eigenvalue weighted by Crippen LogP contribution is -2.28. The van der Waals surface area contributed by atoms with E-state index in [4.69, 9.17) is 9.47 Å². The van der Waals surface area contributed by atoms with Crippen molar-refractivity contribution >= 4 is 23.0 Å². The average Bonchev–Trinajstić information content (AvgIpc) is 2.86. The largest absolute Gasteiger partial charge is 0.490 e. The summed E-state index contributed by atoms with van der Waals surface area (Å²) in [4.78, 5) is 18.6. The van der Waals surface area contributed by atoms with Crippen molar-refractivity contribution in [1.29, 1.82) is 0 Å². The third-order valence-corrected chi connectivity index (χ3v) is 6.37. The van der Waals surface area contributed by atoms with Crippen LogP contribution in [0, 0.1) is 0 Å². The summed E-state index contributed by atoms with van der Waals surface area (Å²) in [5.41, 5.74) is 6.36. The second-order valence-corrected chi connectivity index (χ2v) is 8.23. The molecular weight excluding hydrogens is 402 g/mol. The number of aryl methyl sites for hydroxylation is 1. The summed E-state index contributed by atoms with van der Waals surface area (Å²) in [6, 6.07) is 16.8. The average molecular weight is 430 g/mol. The minimum absolute atomic E-state index is 0.352. The number of carbonyl (C=O) groups is 1. The fraction of sp³-hybridized carbons (Fsp3) is 0.308. The highest BCUT2D eigenvalue weighted by atomic mass is 16.5. The van der Waals surface area contributed by atoms with E-state index < -0.39 is 0 Å². The van der Waals surface area contributed by atoms with Crippen LogP contribution < -0.4 is 15.0 Å². The van der Waals surface area contributed by atoms with Gasteiger partial charge in [0.05, 0.1) is 36.8 Å². The zero-order valence-electron chi connectivity index (χ0n) is 18.2. The van der Waals surface area contributed by atoms with Gasteiger partial charge < -0.3 is 19.7 Å². The van der Waals surface area contributed by atoms with Crippen LogP contribution in [0.25, 0.3) is 0 Å². The molecule has 0 spiro atoms. The predicted octanol–water partition coefficient (Wildman–Crippen LogP) is 4.93. The summed E-state index contributed by atoms with van der Waals surface area (Å²) in [7, 11) is 1.40. The summed E-state index contributed by atoms with van der Waals surface area (Å²) < 4.78 is 10.7. The van der Waals surface area contributed by atoms with E-state index in [1.165, 1.54) is 23.9 Å². The summed E-state index contributed by atoms with van der Waals surface area (Å²) in [5.74, 6) is 0.973. The molecule has 0 saturated heterocycles. The molecule has 2 heterocycles. The predicted molar refractivity (Wildman–Crippen MR) is 125 cm³/mol. The summed E-state index contributed by atoms with van der Waals surface area (Å²) in [6.45, 7) is 2.29. The molecule has 0 radical (unpaired) electrons. The Kier molecular flexibility index (Phi) is 5.67. The number of rotatable bonds is 5. The number of hydrogen-bond acceptors (Lipinski definition) is 6. The van der Waals surface area contributed by atoms with E-state index in [0.717, 1.165) is 43.8 Å². The second kappa shape index (κ2) is 8.91. The number of ether oxygens (including phenoxy) is 2. The zero-order chi connectivity index (χ0) is 21.9. The first-order chi connectivity index (χ1) is 15.7. The van der Waals surface area contributed by atoms with Crippen molar-refractivity contribution in [2.24, 2.45) is 0 Å². The SMILES string of the molecule is COC(=O)c1ccncc1NC[C@@H]1CCCc2cc(N3CCOc4ccccc43)ccc21. The Morgan fingerprint density at radius 2 is 2.16 bits per heavy atom. The van der Waals surface area contributed by atoms with Gasteiger partial charge in [0, 0.05) is 24.3 Å². The van der Waals surface area contributed by atoms with E-state index in [2.05, 4.69) is 45.5 Å². The Labute approximate surface area is 188 Å². The van der Waals surface area contributed by atoms with Crippen LogP contribution in [0.5, 0.6) is 5.75 Å². The van der Waals surface area contributed by atoms with Crippen molar-refractivity contribution in [3.63, 3.8) is 0 Å². The normalized spacial score (nSPS) is 17.0. The Bertz CT molecular complexity index is 1130. The molecule has 6 heteroatoms. The van der Waals surface area contributed by atoms with Crippen molar-refractivity contribution in [2.45, 2.75) is 25.2 Å². The lowest BCUT2D eigenvalue weighted by molar-refractivity contribution is 0.0601. The number of aromatic nitrogens is 1. The number of pyridine rings is 1. The van der Waals surface area contributed by atoms with Gasteiger partial charge in [-0.1, -0.05) is 18.2 Å². The lowest BCUT2D eigenvalue weighted by Gasteiger charge is -2.33. The van der Waals surface area contributed by atoms with Crippen LogP contribution in [0.2, 0.25) is 0 Å².